The first-order valence-electron chi connectivity index (χ1n) is 5.54. The zero-order valence-electron chi connectivity index (χ0n) is 10.00. The average molecular weight is 242 g/mol. The first kappa shape index (κ1) is 12.0. The van der Waals surface area contributed by atoms with Gasteiger partial charge < -0.3 is 14.9 Å². The van der Waals surface area contributed by atoms with Gasteiger partial charge in [0.15, 0.2) is 11.5 Å². The van der Waals surface area contributed by atoms with Crippen molar-refractivity contribution in [1.82, 2.24) is 0 Å². The number of aromatic hydroxyl groups is 2. The summed E-state index contributed by atoms with van der Waals surface area (Å²) < 4.78 is 5.03. The summed E-state index contributed by atoms with van der Waals surface area (Å²) in [7, 11) is 1.51. The summed E-state index contributed by atoms with van der Waals surface area (Å²) in [4.78, 5) is 0. The predicted molar refractivity (Wildman–Crippen MR) is 71.7 cm³/mol. The third kappa shape index (κ3) is 2.63. The molecule has 2 aromatic rings. The van der Waals surface area contributed by atoms with Crippen molar-refractivity contribution in [2.75, 3.05) is 7.11 Å². The topological polar surface area (TPSA) is 49.7 Å². The number of phenolic OH excluding ortho intramolecular Hbond substituents is 2. The van der Waals surface area contributed by atoms with Gasteiger partial charge in [0.25, 0.3) is 0 Å². The van der Waals surface area contributed by atoms with E-state index in [0.29, 0.717) is 5.75 Å². The molecule has 0 aromatic heterocycles. The molecule has 2 aromatic carbocycles. The highest BCUT2D eigenvalue weighted by molar-refractivity contribution is 5.73. The van der Waals surface area contributed by atoms with Crippen LogP contribution in [0.15, 0.2) is 42.5 Å². The molecule has 0 aliphatic carbocycles. The Morgan fingerprint density at radius 2 is 1.72 bits per heavy atom. The van der Waals surface area contributed by atoms with Gasteiger partial charge in [-0.05, 0) is 23.8 Å². The van der Waals surface area contributed by atoms with Crippen LogP contribution < -0.4 is 4.74 Å². The van der Waals surface area contributed by atoms with E-state index >= 15 is 0 Å². The number of methoxy groups -OCH3 is 1. The minimum Gasteiger partial charge on any atom is -0.507 e. The minimum atomic E-state index is 0.109. The molecule has 3 nitrogen and oxygen atoms in total. The molecule has 0 aliphatic rings. The maximum absolute atomic E-state index is 9.62. The Morgan fingerprint density at radius 1 is 0.944 bits per heavy atom. The van der Waals surface area contributed by atoms with Crippen LogP contribution in [-0.4, -0.2) is 17.3 Å². The van der Waals surface area contributed by atoms with Crippen LogP contribution in [0, 0.1) is 0 Å². The van der Waals surface area contributed by atoms with Gasteiger partial charge in [0, 0.05) is 5.56 Å². The molecule has 2 rings (SSSR count). The summed E-state index contributed by atoms with van der Waals surface area (Å²) >= 11 is 0. The monoisotopic (exact) mass is 242 g/mol. The van der Waals surface area contributed by atoms with Gasteiger partial charge in [-0.15, -0.1) is 0 Å². The van der Waals surface area contributed by atoms with Gasteiger partial charge in [-0.25, -0.2) is 0 Å². The van der Waals surface area contributed by atoms with Crippen molar-refractivity contribution in [1.29, 1.82) is 0 Å². The molecule has 0 spiro atoms. The highest BCUT2D eigenvalue weighted by Crippen LogP contribution is 2.27. The molecule has 0 saturated heterocycles. The fourth-order valence-corrected chi connectivity index (χ4v) is 1.61. The Kier molecular flexibility index (Phi) is 3.53. The Morgan fingerprint density at radius 3 is 2.44 bits per heavy atom. The van der Waals surface area contributed by atoms with Crippen molar-refractivity contribution in [3.05, 3.63) is 53.6 Å². The van der Waals surface area contributed by atoms with Crippen LogP contribution in [0.2, 0.25) is 0 Å². The number of hydrogen-bond donors (Lipinski definition) is 2. The molecule has 0 bridgehead atoms. The Balaban J connectivity index is 2.27. The van der Waals surface area contributed by atoms with Gasteiger partial charge in [-0.2, -0.15) is 0 Å². The van der Waals surface area contributed by atoms with Crippen molar-refractivity contribution >= 4 is 12.2 Å². The Hall–Kier alpha value is -2.42. The maximum Gasteiger partial charge on any atom is 0.161 e. The minimum absolute atomic E-state index is 0.109. The second kappa shape index (κ2) is 5.27. The summed E-state index contributed by atoms with van der Waals surface area (Å²) in [5.74, 6) is 0.770. The lowest BCUT2D eigenvalue weighted by Crippen LogP contribution is -1.84. The normalized spacial score (nSPS) is 10.7. The summed E-state index contributed by atoms with van der Waals surface area (Å²) in [6, 6.07) is 12.2. The number of rotatable bonds is 3. The predicted octanol–water partition coefficient (Wildman–Crippen LogP) is 3.28. The molecule has 0 fully saturated rings. The van der Waals surface area contributed by atoms with Crippen LogP contribution in [-0.2, 0) is 0 Å². The van der Waals surface area contributed by atoms with Gasteiger partial charge in [-0.3, -0.25) is 0 Å². The molecule has 0 aliphatic heterocycles. The van der Waals surface area contributed by atoms with Gasteiger partial charge in [-0.1, -0.05) is 36.4 Å². The zero-order valence-corrected chi connectivity index (χ0v) is 10.00. The second-order valence-electron chi connectivity index (χ2n) is 3.82. The molecule has 0 saturated carbocycles. The van der Waals surface area contributed by atoms with Crippen LogP contribution in [0.5, 0.6) is 17.2 Å². The van der Waals surface area contributed by atoms with Crippen molar-refractivity contribution in [2.45, 2.75) is 0 Å². The largest absolute Gasteiger partial charge is 0.507 e. The molecular formula is C15H14O3. The van der Waals surface area contributed by atoms with Gasteiger partial charge in [0.1, 0.15) is 5.75 Å². The van der Waals surface area contributed by atoms with Crippen molar-refractivity contribution in [2.24, 2.45) is 0 Å². The van der Waals surface area contributed by atoms with E-state index in [2.05, 4.69) is 0 Å². The zero-order chi connectivity index (χ0) is 13.0. The Bertz CT molecular complexity index is 574. The van der Waals surface area contributed by atoms with E-state index < -0.39 is 0 Å². The maximum atomic E-state index is 9.62. The Labute approximate surface area is 106 Å². The van der Waals surface area contributed by atoms with E-state index in [1.54, 1.807) is 36.4 Å². The van der Waals surface area contributed by atoms with E-state index in [0.717, 1.165) is 11.1 Å². The molecule has 0 atom stereocenters. The van der Waals surface area contributed by atoms with E-state index in [-0.39, 0.29) is 11.5 Å². The number of para-hydroxylation sites is 1. The standard InChI is InChI=1S/C15H14O3/c1-18-15-10-11(7-9-14(15)17)6-8-12-4-2-3-5-13(12)16/h2-10,16-17H,1H3/b8-6+. The van der Waals surface area contributed by atoms with Crippen LogP contribution in [0.25, 0.3) is 12.2 Å². The SMILES string of the molecule is COc1cc(/C=C/c2ccccc2O)ccc1O. The number of phenols is 2. The molecule has 0 amide bonds. The van der Waals surface area contributed by atoms with Crippen LogP contribution in [0.4, 0.5) is 0 Å². The fraction of sp³-hybridized carbons (Fsp3) is 0.0667. The number of benzene rings is 2. The first-order valence-corrected chi connectivity index (χ1v) is 5.54. The second-order valence-corrected chi connectivity index (χ2v) is 3.82. The molecule has 92 valence electrons. The smallest absolute Gasteiger partial charge is 0.161 e. The lowest BCUT2D eigenvalue weighted by molar-refractivity contribution is 0.373. The lowest BCUT2D eigenvalue weighted by Gasteiger charge is -2.03. The summed E-state index contributed by atoms with van der Waals surface area (Å²) in [6.07, 6.45) is 3.65. The van der Waals surface area contributed by atoms with E-state index in [9.17, 15) is 10.2 Å². The summed E-state index contributed by atoms with van der Waals surface area (Å²) in [5.41, 5.74) is 1.62. The molecule has 0 unspecified atom stereocenters. The number of ether oxygens (including phenoxy) is 1. The van der Waals surface area contributed by atoms with Crippen molar-refractivity contribution < 1.29 is 14.9 Å². The molecule has 18 heavy (non-hydrogen) atoms. The highest BCUT2D eigenvalue weighted by Gasteiger charge is 2.00. The average Bonchev–Trinajstić information content (AvgIpc) is 2.39. The van der Waals surface area contributed by atoms with Gasteiger partial charge in [0.05, 0.1) is 7.11 Å². The molecule has 0 radical (unpaired) electrons. The van der Waals surface area contributed by atoms with E-state index in [1.807, 2.05) is 18.2 Å². The molecule has 0 heterocycles. The fourth-order valence-electron chi connectivity index (χ4n) is 1.61. The molecular weight excluding hydrogens is 228 g/mol. The summed E-state index contributed by atoms with van der Waals surface area (Å²) in [6.45, 7) is 0. The summed E-state index contributed by atoms with van der Waals surface area (Å²) in [5, 5.41) is 19.1. The van der Waals surface area contributed by atoms with Crippen molar-refractivity contribution in [3.63, 3.8) is 0 Å². The van der Waals surface area contributed by atoms with Crippen LogP contribution >= 0.6 is 0 Å². The lowest BCUT2D eigenvalue weighted by atomic mass is 10.1. The van der Waals surface area contributed by atoms with Crippen LogP contribution in [0.1, 0.15) is 11.1 Å². The molecule has 3 heteroatoms. The third-order valence-corrected chi connectivity index (χ3v) is 2.60. The van der Waals surface area contributed by atoms with Crippen molar-refractivity contribution in [3.8, 4) is 17.2 Å². The van der Waals surface area contributed by atoms with E-state index in [4.69, 9.17) is 4.74 Å². The quantitative estimate of drug-likeness (QED) is 0.812. The molecule has 2 N–H and O–H groups in total. The van der Waals surface area contributed by atoms with Crippen LogP contribution in [0.3, 0.4) is 0 Å². The van der Waals surface area contributed by atoms with Gasteiger partial charge >= 0.3 is 0 Å². The highest BCUT2D eigenvalue weighted by atomic mass is 16.5. The first-order chi connectivity index (χ1) is 8.70. The number of hydrogen-bond acceptors (Lipinski definition) is 3. The van der Waals surface area contributed by atoms with E-state index in [1.165, 1.54) is 7.11 Å². The third-order valence-electron chi connectivity index (χ3n) is 2.60. The van der Waals surface area contributed by atoms with Gasteiger partial charge in [0.2, 0.25) is 0 Å².